The molecule has 1 saturated heterocycles. The summed E-state index contributed by atoms with van der Waals surface area (Å²) in [5.41, 5.74) is 2.20. The lowest BCUT2D eigenvalue weighted by molar-refractivity contribution is 0.122. The molecule has 30 heavy (non-hydrogen) atoms. The van der Waals surface area contributed by atoms with Crippen LogP contribution in [0.15, 0.2) is 48.5 Å². The Balaban J connectivity index is 1.26. The Hall–Kier alpha value is -1.69. The first kappa shape index (κ1) is 21.5. The molecule has 0 spiro atoms. The van der Waals surface area contributed by atoms with E-state index in [1.807, 2.05) is 12.1 Å². The molecule has 3 nitrogen and oxygen atoms in total. The summed E-state index contributed by atoms with van der Waals surface area (Å²) in [5.74, 6) is 0.506. The Morgan fingerprint density at radius 1 is 1.00 bits per heavy atom. The molecule has 2 N–H and O–H groups in total. The first-order valence-electron chi connectivity index (χ1n) is 10.9. The van der Waals surface area contributed by atoms with Gasteiger partial charge >= 0.3 is 0 Å². The van der Waals surface area contributed by atoms with Gasteiger partial charge < -0.3 is 10.6 Å². The van der Waals surface area contributed by atoms with Crippen LogP contribution >= 0.6 is 23.8 Å². The van der Waals surface area contributed by atoms with Gasteiger partial charge in [0.1, 0.15) is 5.82 Å². The highest BCUT2D eigenvalue weighted by Crippen LogP contribution is 2.30. The van der Waals surface area contributed by atoms with Crippen molar-refractivity contribution in [1.82, 2.24) is 10.2 Å². The summed E-state index contributed by atoms with van der Waals surface area (Å²) >= 11 is 11.5. The maximum absolute atomic E-state index is 13.1. The minimum atomic E-state index is -0.241. The number of thiocarbonyl (C=S) groups is 1. The van der Waals surface area contributed by atoms with Gasteiger partial charge in [0.2, 0.25) is 0 Å². The van der Waals surface area contributed by atoms with Gasteiger partial charge in [0, 0.05) is 22.8 Å². The fourth-order valence-electron chi connectivity index (χ4n) is 4.86. The number of rotatable bonds is 5. The zero-order valence-corrected chi connectivity index (χ0v) is 18.7. The van der Waals surface area contributed by atoms with Crippen molar-refractivity contribution < 1.29 is 4.39 Å². The molecule has 4 rings (SSSR count). The van der Waals surface area contributed by atoms with Crippen LogP contribution in [-0.2, 0) is 6.42 Å². The van der Waals surface area contributed by atoms with Crippen LogP contribution in [-0.4, -0.2) is 35.2 Å². The summed E-state index contributed by atoms with van der Waals surface area (Å²) < 4.78 is 13.1. The van der Waals surface area contributed by atoms with Crippen molar-refractivity contribution in [2.75, 3.05) is 18.4 Å². The second-order valence-electron chi connectivity index (χ2n) is 8.52. The highest BCUT2D eigenvalue weighted by molar-refractivity contribution is 7.80. The lowest BCUT2D eigenvalue weighted by atomic mass is 9.89. The van der Waals surface area contributed by atoms with Crippen molar-refractivity contribution in [2.24, 2.45) is 5.92 Å². The Bertz CT molecular complexity index is 835. The maximum Gasteiger partial charge on any atom is 0.171 e. The quantitative estimate of drug-likeness (QED) is 0.582. The topological polar surface area (TPSA) is 27.3 Å². The van der Waals surface area contributed by atoms with Gasteiger partial charge in [-0.15, -0.1) is 0 Å². The summed E-state index contributed by atoms with van der Waals surface area (Å²) in [7, 11) is 0. The lowest BCUT2D eigenvalue weighted by Crippen LogP contribution is -2.51. The standard InChI is InChI=1S/C24H29ClFN3S/c25-19-6-4-17(5-7-19)16-18-12-14-29(15-13-18)23-3-1-2-22(23)28-24(30)27-21-10-8-20(26)9-11-21/h4-11,18,22-23H,1-3,12-16H2,(H2,27,28,30). The van der Waals surface area contributed by atoms with Crippen molar-refractivity contribution in [3.8, 4) is 0 Å². The molecule has 2 aliphatic rings. The molecule has 2 aromatic rings. The zero-order valence-electron chi connectivity index (χ0n) is 17.1. The van der Waals surface area contributed by atoms with E-state index in [1.54, 1.807) is 12.1 Å². The molecular formula is C24H29ClFN3S. The number of hydrogen-bond donors (Lipinski definition) is 2. The molecule has 1 saturated carbocycles. The van der Waals surface area contributed by atoms with E-state index in [0.717, 1.165) is 42.6 Å². The number of benzene rings is 2. The number of nitrogens with zero attached hydrogens (tertiary/aromatic N) is 1. The number of anilines is 1. The molecule has 0 radical (unpaired) electrons. The van der Waals surface area contributed by atoms with Crippen molar-refractivity contribution in [3.05, 3.63) is 64.9 Å². The first-order chi connectivity index (χ1) is 14.6. The highest BCUT2D eigenvalue weighted by Gasteiger charge is 2.34. The lowest BCUT2D eigenvalue weighted by Gasteiger charge is -2.39. The average molecular weight is 446 g/mol. The van der Waals surface area contributed by atoms with E-state index >= 15 is 0 Å². The van der Waals surface area contributed by atoms with Crippen LogP contribution in [0.3, 0.4) is 0 Å². The third kappa shape index (κ3) is 5.71. The molecule has 1 heterocycles. The van der Waals surface area contributed by atoms with Gasteiger partial charge in [0.05, 0.1) is 0 Å². The average Bonchev–Trinajstić information content (AvgIpc) is 3.20. The monoisotopic (exact) mass is 445 g/mol. The van der Waals surface area contributed by atoms with E-state index in [-0.39, 0.29) is 5.82 Å². The molecule has 6 heteroatoms. The third-order valence-corrected chi connectivity index (χ3v) is 6.93. The van der Waals surface area contributed by atoms with E-state index in [1.165, 1.54) is 43.4 Å². The van der Waals surface area contributed by atoms with Crippen molar-refractivity contribution in [2.45, 2.75) is 50.6 Å². The number of likely N-dealkylation sites (tertiary alicyclic amines) is 1. The van der Waals surface area contributed by atoms with E-state index in [2.05, 4.69) is 27.7 Å². The fraction of sp³-hybridized carbons (Fsp3) is 0.458. The minimum absolute atomic E-state index is 0.241. The minimum Gasteiger partial charge on any atom is -0.358 e. The zero-order chi connectivity index (χ0) is 20.9. The molecule has 0 bridgehead atoms. The Labute approximate surface area is 189 Å². The second-order valence-corrected chi connectivity index (χ2v) is 9.36. The van der Waals surface area contributed by atoms with E-state index in [0.29, 0.717) is 17.2 Å². The van der Waals surface area contributed by atoms with Gasteiger partial charge in [-0.2, -0.15) is 0 Å². The summed E-state index contributed by atoms with van der Waals surface area (Å²) in [6.07, 6.45) is 7.21. The summed E-state index contributed by atoms with van der Waals surface area (Å²) in [5, 5.41) is 8.13. The molecule has 1 aliphatic carbocycles. The molecule has 160 valence electrons. The third-order valence-electron chi connectivity index (χ3n) is 6.45. The predicted molar refractivity (Wildman–Crippen MR) is 127 cm³/mol. The number of hydrogen-bond acceptors (Lipinski definition) is 2. The van der Waals surface area contributed by atoms with E-state index in [4.69, 9.17) is 23.8 Å². The van der Waals surface area contributed by atoms with Gasteiger partial charge in [-0.05, 0) is 112 Å². The number of piperidine rings is 1. The van der Waals surface area contributed by atoms with Crippen LogP contribution in [0.2, 0.25) is 5.02 Å². The van der Waals surface area contributed by atoms with Gasteiger partial charge in [-0.25, -0.2) is 4.39 Å². The largest absolute Gasteiger partial charge is 0.358 e. The Morgan fingerprint density at radius 3 is 2.40 bits per heavy atom. The first-order valence-corrected chi connectivity index (χ1v) is 11.7. The van der Waals surface area contributed by atoms with Gasteiger partial charge in [0.15, 0.2) is 5.11 Å². The van der Waals surface area contributed by atoms with Crippen LogP contribution in [0.25, 0.3) is 0 Å². The Kier molecular flexibility index (Phi) is 7.24. The van der Waals surface area contributed by atoms with Crippen LogP contribution in [0, 0.1) is 11.7 Å². The molecule has 1 aliphatic heterocycles. The summed E-state index contributed by atoms with van der Waals surface area (Å²) in [6.45, 7) is 2.30. The SMILES string of the molecule is Fc1ccc(NC(=S)NC2CCCC2N2CCC(Cc3ccc(Cl)cc3)CC2)cc1. The molecule has 0 amide bonds. The van der Waals surface area contributed by atoms with Gasteiger partial charge in [-0.1, -0.05) is 23.7 Å². The molecule has 2 aromatic carbocycles. The Morgan fingerprint density at radius 2 is 1.70 bits per heavy atom. The van der Waals surface area contributed by atoms with Crippen LogP contribution < -0.4 is 10.6 Å². The summed E-state index contributed by atoms with van der Waals surface area (Å²) in [6, 6.07) is 15.5. The van der Waals surface area contributed by atoms with E-state index in [9.17, 15) is 4.39 Å². The predicted octanol–water partition coefficient (Wildman–Crippen LogP) is 5.64. The van der Waals surface area contributed by atoms with Crippen molar-refractivity contribution in [1.29, 1.82) is 0 Å². The highest BCUT2D eigenvalue weighted by atomic mass is 35.5. The molecule has 2 atom stereocenters. The maximum atomic E-state index is 13.1. The van der Waals surface area contributed by atoms with Gasteiger partial charge in [0.25, 0.3) is 0 Å². The number of halogens is 2. The van der Waals surface area contributed by atoms with Crippen molar-refractivity contribution in [3.63, 3.8) is 0 Å². The van der Waals surface area contributed by atoms with Crippen molar-refractivity contribution >= 4 is 34.6 Å². The van der Waals surface area contributed by atoms with Crippen LogP contribution in [0.4, 0.5) is 10.1 Å². The normalized spacial score (nSPS) is 22.7. The van der Waals surface area contributed by atoms with Crippen LogP contribution in [0.1, 0.15) is 37.7 Å². The second kappa shape index (κ2) is 10.1. The fourth-order valence-corrected chi connectivity index (χ4v) is 5.25. The van der Waals surface area contributed by atoms with Crippen LogP contribution in [0.5, 0.6) is 0 Å². The summed E-state index contributed by atoms with van der Waals surface area (Å²) in [4.78, 5) is 2.66. The molecule has 2 fully saturated rings. The van der Waals surface area contributed by atoms with Gasteiger partial charge in [-0.3, -0.25) is 4.90 Å². The molecule has 2 unspecified atom stereocenters. The number of nitrogens with one attached hydrogen (secondary N) is 2. The molecule has 0 aromatic heterocycles. The molecular weight excluding hydrogens is 417 g/mol. The smallest absolute Gasteiger partial charge is 0.171 e. The van der Waals surface area contributed by atoms with E-state index < -0.39 is 0 Å².